The highest BCUT2D eigenvalue weighted by Crippen LogP contribution is 2.34. The molecule has 0 bridgehead atoms. The van der Waals surface area contributed by atoms with E-state index in [9.17, 15) is 14.4 Å². The predicted molar refractivity (Wildman–Crippen MR) is 93.0 cm³/mol. The van der Waals surface area contributed by atoms with Crippen molar-refractivity contribution in [3.8, 4) is 0 Å². The molecule has 0 aliphatic heterocycles. The van der Waals surface area contributed by atoms with Crippen LogP contribution in [0.2, 0.25) is 0 Å². The minimum Gasteiger partial charge on any atom is -0.465 e. The molecular formula is C16H17NO5S2. The topological polar surface area (TPSA) is 81.7 Å². The first-order chi connectivity index (χ1) is 11.5. The van der Waals surface area contributed by atoms with Gasteiger partial charge in [-0.05, 0) is 30.9 Å². The second-order valence-corrected chi connectivity index (χ2v) is 6.83. The molecule has 0 saturated carbocycles. The fourth-order valence-corrected chi connectivity index (χ4v) is 3.89. The highest BCUT2D eigenvalue weighted by atomic mass is 32.1. The zero-order valence-electron chi connectivity index (χ0n) is 13.5. The molecule has 0 aliphatic rings. The van der Waals surface area contributed by atoms with E-state index in [1.165, 1.54) is 18.4 Å². The molecule has 6 nitrogen and oxygen atoms in total. The number of nitrogens with one attached hydrogen (secondary N) is 1. The molecular weight excluding hydrogens is 350 g/mol. The molecule has 0 saturated heterocycles. The summed E-state index contributed by atoms with van der Waals surface area (Å²) in [4.78, 5) is 37.4. The summed E-state index contributed by atoms with van der Waals surface area (Å²) < 4.78 is 9.75. The van der Waals surface area contributed by atoms with Crippen molar-refractivity contribution >= 4 is 45.5 Å². The lowest BCUT2D eigenvalue weighted by atomic mass is 10.1. The van der Waals surface area contributed by atoms with Crippen LogP contribution in [-0.2, 0) is 20.7 Å². The first-order valence-electron chi connectivity index (χ1n) is 7.19. The Bertz CT molecular complexity index is 749. The van der Waals surface area contributed by atoms with Crippen molar-refractivity contribution in [1.82, 2.24) is 0 Å². The van der Waals surface area contributed by atoms with Crippen LogP contribution >= 0.6 is 22.7 Å². The van der Waals surface area contributed by atoms with E-state index in [0.717, 1.165) is 16.2 Å². The molecule has 2 aromatic heterocycles. The van der Waals surface area contributed by atoms with Gasteiger partial charge in [-0.25, -0.2) is 9.59 Å². The van der Waals surface area contributed by atoms with E-state index in [4.69, 9.17) is 9.47 Å². The maximum absolute atomic E-state index is 12.2. The number of amides is 1. The molecule has 0 aromatic carbocycles. The van der Waals surface area contributed by atoms with Crippen LogP contribution in [0.25, 0.3) is 0 Å². The largest absolute Gasteiger partial charge is 0.465 e. The number of anilines is 1. The Balaban J connectivity index is 2.29. The molecule has 2 aromatic rings. The molecule has 8 heteroatoms. The summed E-state index contributed by atoms with van der Waals surface area (Å²) >= 11 is 2.49. The third kappa shape index (κ3) is 4.01. The third-order valence-electron chi connectivity index (χ3n) is 3.16. The van der Waals surface area contributed by atoms with Crippen LogP contribution < -0.4 is 5.32 Å². The van der Waals surface area contributed by atoms with Gasteiger partial charge in [0.2, 0.25) is 5.91 Å². The second kappa shape index (κ2) is 8.07. The van der Waals surface area contributed by atoms with E-state index in [1.807, 2.05) is 17.5 Å². The Kier molecular flexibility index (Phi) is 6.10. The lowest BCUT2D eigenvalue weighted by Crippen LogP contribution is -2.15. The quantitative estimate of drug-likeness (QED) is 0.793. The lowest BCUT2D eigenvalue weighted by Gasteiger charge is -2.05. The van der Waals surface area contributed by atoms with Gasteiger partial charge in [0.1, 0.15) is 9.88 Å². The molecule has 0 atom stereocenters. The minimum absolute atomic E-state index is 0.185. The Hall–Kier alpha value is -2.19. The number of carbonyl (C=O) groups is 3. The number of hydrogen-bond donors (Lipinski definition) is 1. The van der Waals surface area contributed by atoms with Gasteiger partial charge in [-0.1, -0.05) is 6.07 Å². The maximum Gasteiger partial charge on any atom is 0.348 e. The smallest absolute Gasteiger partial charge is 0.348 e. The number of carbonyl (C=O) groups excluding carboxylic acids is 3. The first kappa shape index (κ1) is 18.2. The Labute approximate surface area is 147 Å². The molecule has 2 heterocycles. The third-order valence-corrected chi connectivity index (χ3v) is 5.23. The van der Waals surface area contributed by atoms with Gasteiger partial charge in [-0.2, -0.15) is 0 Å². The summed E-state index contributed by atoms with van der Waals surface area (Å²) in [5.41, 5.74) is 0.627. The predicted octanol–water partition coefficient (Wildman–Crippen LogP) is 3.26. The molecule has 0 aliphatic carbocycles. The number of esters is 2. The second-order valence-electron chi connectivity index (χ2n) is 4.78. The highest BCUT2D eigenvalue weighted by molar-refractivity contribution is 7.18. The van der Waals surface area contributed by atoms with Crippen LogP contribution in [0.3, 0.4) is 0 Å². The summed E-state index contributed by atoms with van der Waals surface area (Å²) in [7, 11) is 1.25. The SMILES string of the molecule is CCOC(=O)c1sc(NC(=O)Cc2cccs2)c(C(=O)OC)c1C. The Morgan fingerprint density at radius 2 is 2.00 bits per heavy atom. The van der Waals surface area contributed by atoms with Crippen LogP contribution in [0.5, 0.6) is 0 Å². The van der Waals surface area contributed by atoms with Gasteiger partial charge in [0, 0.05) is 4.88 Å². The molecule has 0 radical (unpaired) electrons. The van der Waals surface area contributed by atoms with E-state index < -0.39 is 11.9 Å². The molecule has 24 heavy (non-hydrogen) atoms. The molecule has 128 valence electrons. The normalized spacial score (nSPS) is 10.3. The van der Waals surface area contributed by atoms with Crippen molar-refractivity contribution in [2.45, 2.75) is 20.3 Å². The van der Waals surface area contributed by atoms with Gasteiger partial charge >= 0.3 is 11.9 Å². The Morgan fingerprint density at radius 1 is 1.25 bits per heavy atom. The highest BCUT2D eigenvalue weighted by Gasteiger charge is 2.27. The van der Waals surface area contributed by atoms with Crippen molar-refractivity contribution in [1.29, 1.82) is 0 Å². The number of methoxy groups -OCH3 is 1. The maximum atomic E-state index is 12.2. The molecule has 2 rings (SSSR count). The van der Waals surface area contributed by atoms with Gasteiger partial charge in [0.25, 0.3) is 0 Å². The van der Waals surface area contributed by atoms with E-state index in [-0.39, 0.29) is 29.4 Å². The van der Waals surface area contributed by atoms with Crippen LogP contribution in [-0.4, -0.2) is 31.6 Å². The van der Waals surface area contributed by atoms with Gasteiger partial charge in [-0.15, -0.1) is 22.7 Å². The minimum atomic E-state index is -0.606. The fraction of sp³-hybridized carbons (Fsp3) is 0.312. The van der Waals surface area contributed by atoms with Crippen LogP contribution in [0.15, 0.2) is 17.5 Å². The summed E-state index contributed by atoms with van der Waals surface area (Å²) in [6, 6.07) is 3.72. The number of hydrogen-bond acceptors (Lipinski definition) is 7. The average molecular weight is 367 g/mol. The van der Waals surface area contributed by atoms with Crippen molar-refractivity contribution in [2.24, 2.45) is 0 Å². The fourth-order valence-electron chi connectivity index (χ4n) is 2.08. The first-order valence-corrected chi connectivity index (χ1v) is 8.88. The Morgan fingerprint density at radius 3 is 2.58 bits per heavy atom. The van der Waals surface area contributed by atoms with Gasteiger partial charge in [-0.3, -0.25) is 4.79 Å². The van der Waals surface area contributed by atoms with Crippen LogP contribution in [0, 0.1) is 6.92 Å². The lowest BCUT2D eigenvalue weighted by molar-refractivity contribution is -0.115. The van der Waals surface area contributed by atoms with E-state index >= 15 is 0 Å². The van der Waals surface area contributed by atoms with Crippen molar-refractivity contribution in [3.05, 3.63) is 38.4 Å². The van der Waals surface area contributed by atoms with Crippen molar-refractivity contribution in [3.63, 3.8) is 0 Å². The van der Waals surface area contributed by atoms with Gasteiger partial charge in [0.15, 0.2) is 0 Å². The average Bonchev–Trinajstić information content (AvgIpc) is 3.15. The van der Waals surface area contributed by atoms with Crippen LogP contribution in [0.1, 0.15) is 37.4 Å². The molecule has 0 fully saturated rings. The summed E-state index contributed by atoms with van der Waals surface area (Å²) in [6.45, 7) is 3.56. The van der Waals surface area contributed by atoms with Crippen molar-refractivity contribution in [2.75, 3.05) is 19.0 Å². The zero-order chi connectivity index (χ0) is 17.7. The number of rotatable bonds is 6. The molecule has 0 spiro atoms. The summed E-state index contributed by atoms with van der Waals surface area (Å²) in [5.74, 6) is -1.39. The van der Waals surface area contributed by atoms with Crippen molar-refractivity contribution < 1.29 is 23.9 Å². The number of ether oxygens (including phenoxy) is 2. The molecule has 1 amide bonds. The van der Waals surface area contributed by atoms with Gasteiger partial charge < -0.3 is 14.8 Å². The number of thiophene rings is 2. The van der Waals surface area contributed by atoms with E-state index in [1.54, 1.807) is 13.8 Å². The van der Waals surface area contributed by atoms with E-state index in [2.05, 4.69) is 5.32 Å². The standard InChI is InChI=1S/C16H17NO5S2/c1-4-22-16(20)13-9(2)12(15(19)21-3)14(24-13)17-11(18)8-10-6-5-7-23-10/h5-7H,4,8H2,1-3H3,(H,17,18). The summed E-state index contributed by atoms with van der Waals surface area (Å²) in [5, 5.41) is 4.88. The molecule has 0 unspecified atom stereocenters. The summed E-state index contributed by atoms with van der Waals surface area (Å²) in [6.07, 6.45) is 0.198. The van der Waals surface area contributed by atoms with Crippen LogP contribution in [0.4, 0.5) is 5.00 Å². The van der Waals surface area contributed by atoms with Gasteiger partial charge in [0.05, 0.1) is 25.7 Å². The molecule has 1 N–H and O–H groups in total. The van der Waals surface area contributed by atoms with E-state index in [0.29, 0.717) is 10.6 Å². The monoisotopic (exact) mass is 367 g/mol. The zero-order valence-corrected chi connectivity index (χ0v) is 15.1.